The lowest BCUT2D eigenvalue weighted by Gasteiger charge is -2.26. The van der Waals surface area contributed by atoms with Crippen LogP contribution < -0.4 is 5.32 Å². The van der Waals surface area contributed by atoms with Crippen molar-refractivity contribution in [1.82, 2.24) is 10.2 Å². The van der Waals surface area contributed by atoms with Gasteiger partial charge in [0.25, 0.3) is 0 Å². The highest BCUT2D eigenvalue weighted by Crippen LogP contribution is 2.12. The molecule has 4 heteroatoms. The van der Waals surface area contributed by atoms with E-state index in [4.69, 9.17) is 4.74 Å². The molecule has 1 N–H and O–H groups in total. The van der Waals surface area contributed by atoms with Crippen LogP contribution in [0.2, 0.25) is 0 Å². The molecule has 0 aliphatic heterocycles. The first-order valence-corrected chi connectivity index (χ1v) is 8.76. The van der Waals surface area contributed by atoms with E-state index in [1.807, 2.05) is 43.3 Å². The molecule has 25 heavy (non-hydrogen) atoms. The Hall–Kier alpha value is -2.17. The van der Waals surface area contributed by atoms with Gasteiger partial charge in [0.05, 0.1) is 0 Å². The maximum absolute atomic E-state index is 12.0. The average Bonchev–Trinajstić information content (AvgIpc) is 2.62. The highest BCUT2D eigenvalue weighted by Gasteiger charge is 2.18. The number of nitrogens with zero attached hydrogens (tertiary/aromatic N) is 1. The molecule has 2 aromatic carbocycles. The van der Waals surface area contributed by atoms with Gasteiger partial charge in [0, 0.05) is 19.6 Å². The Balaban J connectivity index is 2.01. The van der Waals surface area contributed by atoms with E-state index in [0.717, 1.165) is 13.1 Å². The van der Waals surface area contributed by atoms with E-state index in [-0.39, 0.29) is 18.1 Å². The van der Waals surface area contributed by atoms with Crippen LogP contribution in [0, 0.1) is 0 Å². The van der Waals surface area contributed by atoms with Crippen molar-refractivity contribution < 1.29 is 9.53 Å². The summed E-state index contributed by atoms with van der Waals surface area (Å²) in [5.41, 5.74) is 2.50. The number of ether oxygens (including phenoxy) is 1. The molecule has 0 aliphatic rings. The summed E-state index contributed by atoms with van der Waals surface area (Å²) >= 11 is 0. The normalized spacial score (nSPS) is 13.4. The van der Waals surface area contributed by atoms with Crippen LogP contribution in [0.25, 0.3) is 0 Å². The fourth-order valence-corrected chi connectivity index (χ4v) is 2.69. The topological polar surface area (TPSA) is 41.6 Å². The second kappa shape index (κ2) is 9.97. The molecule has 2 aromatic rings. The maximum Gasteiger partial charge on any atom is 0.323 e. The minimum atomic E-state index is -0.292. The fourth-order valence-electron chi connectivity index (χ4n) is 2.69. The van der Waals surface area contributed by atoms with E-state index in [1.165, 1.54) is 11.1 Å². The Labute approximate surface area is 150 Å². The summed E-state index contributed by atoms with van der Waals surface area (Å²) in [5.74, 6) is -0.214. The summed E-state index contributed by atoms with van der Waals surface area (Å²) in [4.78, 5) is 14.3. The van der Waals surface area contributed by atoms with Crippen LogP contribution in [0.3, 0.4) is 0 Å². The van der Waals surface area contributed by atoms with Crippen LogP contribution in [-0.2, 0) is 22.6 Å². The van der Waals surface area contributed by atoms with Gasteiger partial charge in [-0.25, -0.2) is 0 Å². The van der Waals surface area contributed by atoms with Crippen molar-refractivity contribution in [3.05, 3.63) is 71.8 Å². The number of carbonyl (C=O) groups excluding carboxylic acids is 1. The minimum absolute atomic E-state index is 0.171. The molecule has 0 fully saturated rings. The van der Waals surface area contributed by atoms with E-state index >= 15 is 0 Å². The number of benzene rings is 2. The van der Waals surface area contributed by atoms with Crippen molar-refractivity contribution in [2.24, 2.45) is 0 Å². The molecule has 0 saturated carbocycles. The summed E-state index contributed by atoms with van der Waals surface area (Å²) in [6, 6.07) is 20.4. The van der Waals surface area contributed by atoms with Crippen LogP contribution in [0.5, 0.6) is 0 Å². The molecule has 0 heterocycles. The highest BCUT2D eigenvalue weighted by atomic mass is 16.5. The first-order valence-electron chi connectivity index (χ1n) is 8.76. The van der Waals surface area contributed by atoms with Crippen LogP contribution in [0.1, 0.15) is 25.0 Å². The molecule has 0 amide bonds. The molecule has 0 saturated heterocycles. The second-order valence-electron chi connectivity index (χ2n) is 6.40. The van der Waals surface area contributed by atoms with Gasteiger partial charge in [-0.2, -0.15) is 0 Å². The third-order valence-corrected chi connectivity index (χ3v) is 4.12. The smallest absolute Gasteiger partial charge is 0.323 e. The number of hydrogen-bond donors (Lipinski definition) is 1. The SMILES string of the molecule is CN[C@@H](C)C(=O)O[C@@H](C)CN(Cc1ccccc1)Cc1ccccc1. The van der Waals surface area contributed by atoms with Crippen molar-refractivity contribution >= 4 is 5.97 Å². The Morgan fingerprint density at radius 3 is 1.88 bits per heavy atom. The number of nitrogens with one attached hydrogen (secondary N) is 1. The number of rotatable bonds is 9. The second-order valence-corrected chi connectivity index (χ2v) is 6.40. The van der Waals surface area contributed by atoms with Gasteiger partial charge in [0.1, 0.15) is 12.1 Å². The third kappa shape index (κ3) is 6.69. The van der Waals surface area contributed by atoms with E-state index in [0.29, 0.717) is 6.54 Å². The molecule has 0 aromatic heterocycles. The molecule has 2 rings (SSSR count). The van der Waals surface area contributed by atoms with E-state index in [1.54, 1.807) is 14.0 Å². The Morgan fingerprint density at radius 1 is 0.960 bits per heavy atom. The molecular formula is C21H28N2O2. The minimum Gasteiger partial charge on any atom is -0.460 e. The highest BCUT2D eigenvalue weighted by molar-refractivity contribution is 5.75. The summed E-state index contributed by atoms with van der Waals surface area (Å²) in [6.07, 6.45) is -0.171. The van der Waals surface area contributed by atoms with Crippen molar-refractivity contribution in [2.45, 2.75) is 39.1 Å². The number of hydrogen-bond acceptors (Lipinski definition) is 4. The fraction of sp³-hybridized carbons (Fsp3) is 0.381. The van der Waals surface area contributed by atoms with E-state index in [2.05, 4.69) is 34.5 Å². The third-order valence-electron chi connectivity index (χ3n) is 4.12. The van der Waals surface area contributed by atoms with Gasteiger partial charge in [-0.05, 0) is 32.0 Å². The molecule has 0 spiro atoms. The van der Waals surface area contributed by atoms with Gasteiger partial charge >= 0.3 is 5.97 Å². The van der Waals surface area contributed by atoms with Crippen LogP contribution >= 0.6 is 0 Å². The molecule has 134 valence electrons. The van der Waals surface area contributed by atoms with Crippen molar-refractivity contribution in [3.8, 4) is 0 Å². The van der Waals surface area contributed by atoms with Gasteiger partial charge < -0.3 is 10.1 Å². The van der Waals surface area contributed by atoms with Gasteiger partial charge in [0.2, 0.25) is 0 Å². The van der Waals surface area contributed by atoms with Gasteiger partial charge in [-0.3, -0.25) is 9.69 Å². The first kappa shape index (κ1) is 19.2. The van der Waals surface area contributed by atoms with Crippen molar-refractivity contribution in [3.63, 3.8) is 0 Å². The monoisotopic (exact) mass is 340 g/mol. The van der Waals surface area contributed by atoms with Gasteiger partial charge in [0.15, 0.2) is 0 Å². The van der Waals surface area contributed by atoms with Gasteiger partial charge in [-0.1, -0.05) is 60.7 Å². The molecule has 0 aliphatic carbocycles. The van der Waals surface area contributed by atoms with Crippen LogP contribution in [0.15, 0.2) is 60.7 Å². The van der Waals surface area contributed by atoms with Crippen LogP contribution in [0.4, 0.5) is 0 Å². The zero-order valence-electron chi connectivity index (χ0n) is 15.3. The first-order chi connectivity index (χ1) is 12.1. The summed E-state index contributed by atoms with van der Waals surface area (Å²) in [7, 11) is 1.76. The molecular weight excluding hydrogens is 312 g/mol. The zero-order valence-corrected chi connectivity index (χ0v) is 15.3. The number of carbonyl (C=O) groups is 1. The van der Waals surface area contributed by atoms with E-state index in [9.17, 15) is 4.79 Å². The standard InChI is InChI=1S/C21H28N2O2/c1-17(25-21(24)18(2)22-3)14-23(15-19-10-6-4-7-11-19)16-20-12-8-5-9-13-20/h4-13,17-18,22H,14-16H2,1-3H3/t17-,18-/m0/s1. The lowest BCUT2D eigenvalue weighted by Crippen LogP contribution is -2.38. The molecule has 2 atom stereocenters. The maximum atomic E-state index is 12.0. The quantitative estimate of drug-likeness (QED) is 0.712. The lowest BCUT2D eigenvalue weighted by molar-refractivity contribution is -0.151. The van der Waals surface area contributed by atoms with Gasteiger partial charge in [-0.15, -0.1) is 0 Å². The lowest BCUT2D eigenvalue weighted by atomic mass is 10.1. The molecule has 4 nitrogen and oxygen atoms in total. The molecule has 0 bridgehead atoms. The predicted molar refractivity (Wildman–Crippen MR) is 101 cm³/mol. The van der Waals surface area contributed by atoms with Crippen LogP contribution in [-0.4, -0.2) is 36.6 Å². The number of likely N-dealkylation sites (N-methyl/N-ethyl adjacent to an activating group) is 1. The molecule has 0 unspecified atom stereocenters. The Kier molecular flexibility index (Phi) is 7.64. The van der Waals surface area contributed by atoms with Crippen molar-refractivity contribution in [1.29, 1.82) is 0 Å². The summed E-state index contributed by atoms with van der Waals surface area (Å²) < 4.78 is 5.57. The molecule has 0 radical (unpaired) electrons. The summed E-state index contributed by atoms with van der Waals surface area (Å²) in [5, 5.41) is 2.91. The summed E-state index contributed by atoms with van der Waals surface area (Å²) in [6.45, 7) is 6.08. The zero-order chi connectivity index (χ0) is 18.1. The average molecular weight is 340 g/mol. The largest absolute Gasteiger partial charge is 0.460 e. The predicted octanol–water partition coefficient (Wildman–Crippen LogP) is 3.23. The van der Waals surface area contributed by atoms with Crippen molar-refractivity contribution in [2.75, 3.05) is 13.6 Å². The van der Waals surface area contributed by atoms with E-state index < -0.39 is 0 Å². The Bertz CT molecular complexity index is 589. The number of esters is 1. The Morgan fingerprint density at radius 2 is 1.44 bits per heavy atom.